The van der Waals surface area contributed by atoms with E-state index in [1.165, 1.54) is 7.11 Å². The van der Waals surface area contributed by atoms with Gasteiger partial charge in [0.1, 0.15) is 11.8 Å². The SMILES string of the molecule is CCC(NC(C(=O)OC)C(C)CC)c1ccco1. The van der Waals surface area contributed by atoms with Crippen molar-refractivity contribution < 1.29 is 13.9 Å². The van der Waals surface area contributed by atoms with E-state index in [0.29, 0.717) is 0 Å². The Balaban J connectivity index is 2.78. The molecule has 0 radical (unpaired) electrons. The maximum atomic E-state index is 11.8. The van der Waals surface area contributed by atoms with Crippen LogP contribution in [0.25, 0.3) is 0 Å². The zero-order chi connectivity index (χ0) is 13.5. The molecule has 0 aliphatic rings. The van der Waals surface area contributed by atoms with Gasteiger partial charge in [-0.15, -0.1) is 0 Å². The fraction of sp³-hybridized carbons (Fsp3) is 0.643. The van der Waals surface area contributed by atoms with Crippen LogP contribution < -0.4 is 5.32 Å². The molecule has 18 heavy (non-hydrogen) atoms. The summed E-state index contributed by atoms with van der Waals surface area (Å²) in [6.07, 6.45) is 3.43. The lowest BCUT2D eigenvalue weighted by molar-refractivity contribution is -0.144. The third-order valence-corrected chi connectivity index (χ3v) is 3.34. The summed E-state index contributed by atoms with van der Waals surface area (Å²) in [5.41, 5.74) is 0. The average molecular weight is 253 g/mol. The summed E-state index contributed by atoms with van der Waals surface area (Å²) in [4.78, 5) is 11.8. The predicted octanol–water partition coefficient (Wildman–Crippen LogP) is 2.91. The Bertz CT molecular complexity index is 348. The Morgan fingerprint density at radius 1 is 1.44 bits per heavy atom. The van der Waals surface area contributed by atoms with E-state index in [1.54, 1.807) is 6.26 Å². The minimum Gasteiger partial charge on any atom is -0.468 e. The molecule has 4 nitrogen and oxygen atoms in total. The maximum Gasteiger partial charge on any atom is 0.323 e. The zero-order valence-corrected chi connectivity index (χ0v) is 11.6. The molecule has 0 amide bonds. The van der Waals surface area contributed by atoms with E-state index in [0.717, 1.165) is 18.6 Å². The van der Waals surface area contributed by atoms with Gasteiger partial charge in [-0.2, -0.15) is 0 Å². The van der Waals surface area contributed by atoms with Crippen LogP contribution in [0.4, 0.5) is 0 Å². The normalized spacial score (nSPS) is 16.0. The van der Waals surface area contributed by atoms with Crippen molar-refractivity contribution in [3.8, 4) is 0 Å². The molecule has 102 valence electrons. The number of hydrogen-bond donors (Lipinski definition) is 1. The molecule has 1 aromatic rings. The van der Waals surface area contributed by atoms with E-state index in [1.807, 2.05) is 19.1 Å². The Hall–Kier alpha value is -1.29. The van der Waals surface area contributed by atoms with Gasteiger partial charge in [0.05, 0.1) is 19.4 Å². The van der Waals surface area contributed by atoms with Crippen molar-refractivity contribution in [3.05, 3.63) is 24.2 Å². The summed E-state index contributed by atoms with van der Waals surface area (Å²) in [5, 5.41) is 3.34. The number of rotatable bonds is 7. The largest absolute Gasteiger partial charge is 0.468 e. The number of esters is 1. The molecule has 0 saturated carbocycles. The number of furan rings is 1. The quantitative estimate of drug-likeness (QED) is 0.759. The molecular formula is C14H23NO3. The molecule has 0 bridgehead atoms. The lowest BCUT2D eigenvalue weighted by Gasteiger charge is -2.26. The predicted molar refractivity (Wildman–Crippen MR) is 70.1 cm³/mol. The first-order valence-electron chi connectivity index (χ1n) is 6.51. The van der Waals surface area contributed by atoms with E-state index >= 15 is 0 Å². The highest BCUT2D eigenvalue weighted by Crippen LogP contribution is 2.20. The molecule has 1 heterocycles. The number of methoxy groups -OCH3 is 1. The van der Waals surface area contributed by atoms with Gasteiger partial charge in [0, 0.05) is 0 Å². The van der Waals surface area contributed by atoms with E-state index in [9.17, 15) is 4.79 Å². The second-order valence-electron chi connectivity index (χ2n) is 4.53. The first kappa shape index (κ1) is 14.8. The van der Waals surface area contributed by atoms with Gasteiger partial charge in [-0.25, -0.2) is 0 Å². The summed E-state index contributed by atoms with van der Waals surface area (Å²) in [5.74, 6) is 0.866. The summed E-state index contributed by atoms with van der Waals surface area (Å²) < 4.78 is 10.3. The fourth-order valence-electron chi connectivity index (χ4n) is 1.93. The highest BCUT2D eigenvalue weighted by molar-refractivity contribution is 5.76. The third-order valence-electron chi connectivity index (χ3n) is 3.34. The molecule has 0 aliphatic heterocycles. The Morgan fingerprint density at radius 3 is 2.61 bits per heavy atom. The first-order chi connectivity index (χ1) is 8.63. The lowest BCUT2D eigenvalue weighted by atomic mass is 9.97. The van der Waals surface area contributed by atoms with Crippen molar-refractivity contribution in [2.75, 3.05) is 7.11 Å². The minimum absolute atomic E-state index is 0.0399. The monoisotopic (exact) mass is 253 g/mol. The second-order valence-corrected chi connectivity index (χ2v) is 4.53. The van der Waals surface area contributed by atoms with E-state index in [-0.39, 0.29) is 24.0 Å². The van der Waals surface area contributed by atoms with Crippen LogP contribution in [0.5, 0.6) is 0 Å². The Morgan fingerprint density at radius 2 is 2.17 bits per heavy atom. The number of carbonyl (C=O) groups is 1. The highest BCUT2D eigenvalue weighted by atomic mass is 16.5. The van der Waals surface area contributed by atoms with Crippen LogP contribution in [0.2, 0.25) is 0 Å². The summed E-state index contributed by atoms with van der Waals surface area (Å²) >= 11 is 0. The molecule has 1 N–H and O–H groups in total. The lowest BCUT2D eigenvalue weighted by Crippen LogP contribution is -2.44. The molecule has 3 unspecified atom stereocenters. The van der Waals surface area contributed by atoms with Crippen LogP contribution in [0, 0.1) is 5.92 Å². The first-order valence-corrected chi connectivity index (χ1v) is 6.51. The number of carbonyl (C=O) groups excluding carboxylic acids is 1. The van der Waals surface area contributed by atoms with Gasteiger partial charge in [-0.05, 0) is 24.5 Å². The standard InChI is InChI=1S/C14H23NO3/c1-5-10(3)13(14(16)17-4)15-11(6-2)12-8-7-9-18-12/h7-11,13,15H,5-6H2,1-4H3. The van der Waals surface area contributed by atoms with Crippen LogP contribution >= 0.6 is 0 Å². The molecule has 0 spiro atoms. The van der Waals surface area contributed by atoms with Crippen molar-refractivity contribution in [2.24, 2.45) is 5.92 Å². The second kappa shape index (κ2) is 7.21. The van der Waals surface area contributed by atoms with Gasteiger partial charge in [-0.1, -0.05) is 27.2 Å². The minimum atomic E-state index is -0.296. The van der Waals surface area contributed by atoms with Gasteiger partial charge < -0.3 is 9.15 Å². The van der Waals surface area contributed by atoms with Crippen LogP contribution in [0.1, 0.15) is 45.4 Å². The van der Waals surface area contributed by atoms with Crippen LogP contribution in [0.15, 0.2) is 22.8 Å². The molecular weight excluding hydrogens is 230 g/mol. The topological polar surface area (TPSA) is 51.5 Å². The number of ether oxygens (including phenoxy) is 1. The van der Waals surface area contributed by atoms with Crippen molar-refractivity contribution in [2.45, 2.75) is 45.7 Å². The molecule has 0 fully saturated rings. The fourth-order valence-corrected chi connectivity index (χ4v) is 1.93. The Kier molecular flexibility index (Phi) is 5.92. The van der Waals surface area contributed by atoms with Gasteiger partial charge in [0.2, 0.25) is 0 Å². The van der Waals surface area contributed by atoms with E-state index < -0.39 is 0 Å². The van der Waals surface area contributed by atoms with Crippen LogP contribution in [-0.2, 0) is 9.53 Å². The Labute approximate surface area is 109 Å². The molecule has 3 atom stereocenters. The zero-order valence-electron chi connectivity index (χ0n) is 11.6. The summed E-state index contributed by atoms with van der Waals surface area (Å²) in [6.45, 7) is 6.17. The van der Waals surface area contributed by atoms with Gasteiger partial charge >= 0.3 is 5.97 Å². The molecule has 1 aromatic heterocycles. The molecule has 1 rings (SSSR count). The molecule has 0 aromatic carbocycles. The number of hydrogen-bond acceptors (Lipinski definition) is 4. The van der Waals surface area contributed by atoms with Crippen LogP contribution in [-0.4, -0.2) is 19.1 Å². The third kappa shape index (κ3) is 3.60. The molecule has 0 saturated heterocycles. The van der Waals surface area contributed by atoms with E-state index in [4.69, 9.17) is 9.15 Å². The maximum absolute atomic E-state index is 11.8. The van der Waals surface area contributed by atoms with Crippen molar-refractivity contribution in [1.29, 1.82) is 0 Å². The number of nitrogens with one attached hydrogen (secondary N) is 1. The van der Waals surface area contributed by atoms with Crippen LogP contribution in [0.3, 0.4) is 0 Å². The molecule has 4 heteroatoms. The van der Waals surface area contributed by atoms with Crippen molar-refractivity contribution in [1.82, 2.24) is 5.32 Å². The smallest absolute Gasteiger partial charge is 0.323 e. The van der Waals surface area contributed by atoms with Gasteiger partial charge in [0.25, 0.3) is 0 Å². The van der Waals surface area contributed by atoms with Gasteiger partial charge in [0.15, 0.2) is 0 Å². The summed E-state index contributed by atoms with van der Waals surface area (Å²) in [7, 11) is 1.42. The van der Waals surface area contributed by atoms with Crippen molar-refractivity contribution >= 4 is 5.97 Å². The average Bonchev–Trinajstić information content (AvgIpc) is 2.92. The van der Waals surface area contributed by atoms with Gasteiger partial charge in [-0.3, -0.25) is 10.1 Å². The van der Waals surface area contributed by atoms with E-state index in [2.05, 4.69) is 19.2 Å². The summed E-state index contributed by atoms with van der Waals surface area (Å²) in [6, 6.07) is 3.52. The van der Waals surface area contributed by atoms with Crippen molar-refractivity contribution in [3.63, 3.8) is 0 Å². The molecule has 0 aliphatic carbocycles. The highest BCUT2D eigenvalue weighted by Gasteiger charge is 2.28.